The molecular formula is C14H8ClFN2O. The van der Waals surface area contributed by atoms with Crippen LogP contribution in [0.5, 0.6) is 0 Å². The van der Waals surface area contributed by atoms with Crippen LogP contribution in [0.1, 0.15) is 15.9 Å². The van der Waals surface area contributed by atoms with Crippen LogP contribution in [0.2, 0.25) is 5.02 Å². The first-order valence-corrected chi connectivity index (χ1v) is 5.75. The molecule has 0 aliphatic carbocycles. The summed E-state index contributed by atoms with van der Waals surface area (Å²) in [6.45, 7) is 0. The highest BCUT2D eigenvalue weighted by Crippen LogP contribution is 2.21. The molecule has 0 heterocycles. The molecule has 0 aliphatic heterocycles. The molecule has 0 unspecified atom stereocenters. The minimum Gasteiger partial charge on any atom is -0.322 e. The maximum Gasteiger partial charge on any atom is 0.258 e. The lowest BCUT2D eigenvalue weighted by Gasteiger charge is -2.06. The summed E-state index contributed by atoms with van der Waals surface area (Å²) in [5.41, 5.74) is 0.658. The minimum absolute atomic E-state index is 0.0528. The lowest BCUT2D eigenvalue weighted by Crippen LogP contribution is -2.13. The molecule has 2 aromatic rings. The predicted molar refractivity (Wildman–Crippen MR) is 70.5 cm³/mol. The minimum atomic E-state index is -0.597. The summed E-state index contributed by atoms with van der Waals surface area (Å²) in [6, 6.07) is 12.0. The number of hydrogen-bond acceptors (Lipinski definition) is 2. The van der Waals surface area contributed by atoms with E-state index >= 15 is 0 Å². The van der Waals surface area contributed by atoms with Gasteiger partial charge in [-0.2, -0.15) is 5.26 Å². The first-order valence-electron chi connectivity index (χ1n) is 5.37. The predicted octanol–water partition coefficient (Wildman–Crippen LogP) is 3.60. The molecule has 2 rings (SSSR count). The third-order valence-corrected chi connectivity index (χ3v) is 2.78. The number of nitriles is 1. The first kappa shape index (κ1) is 13.1. The fraction of sp³-hybridized carbons (Fsp3) is 0. The van der Waals surface area contributed by atoms with Crippen LogP contribution in [-0.2, 0) is 0 Å². The van der Waals surface area contributed by atoms with Gasteiger partial charge < -0.3 is 5.32 Å². The Morgan fingerprint density at radius 1 is 1.26 bits per heavy atom. The zero-order chi connectivity index (χ0) is 13.8. The Balaban J connectivity index is 2.23. The monoisotopic (exact) mass is 274 g/mol. The van der Waals surface area contributed by atoms with Gasteiger partial charge in [0.15, 0.2) is 0 Å². The third-order valence-electron chi connectivity index (χ3n) is 2.47. The van der Waals surface area contributed by atoms with E-state index in [4.69, 9.17) is 16.9 Å². The van der Waals surface area contributed by atoms with E-state index in [1.54, 1.807) is 6.07 Å². The molecule has 0 bridgehead atoms. The summed E-state index contributed by atoms with van der Waals surface area (Å²) in [5.74, 6) is -1.17. The Hall–Kier alpha value is -2.38. The van der Waals surface area contributed by atoms with Gasteiger partial charge in [-0.1, -0.05) is 23.7 Å². The quantitative estimate of drug-likeness (QED) is 0.909. The second-order valence-electron chi connectivity index (χ2n) is 3.74. The zero-order valence-electron chi connectivity index (χ0n) is 9.65. The highest BCUT2D eigenvalue weighted by Gasteiger charge is 2.11. The van der Waals surface area contributed by atoms with Crippen molar-refractivity contribution in [3.63, 3.8) is 0 Å². The van der Waals surface area contributed by atoms with Crippen molar-refractivity contribution >= 4 is 23.2 Å². The smallest absolute Gasteiger partial charge is 0.258 e. The van der Waals surface area contributed by atoms with Crippen LogP contribution in [0, 0.1) is 17.1 Å². The number of anilines is 1. The van der Waals surface area contributed by atoms with Crippen molar-refractivity contribution in [2.45, 2.75) is 0 Å². The Morgan fingerprint density at radius 3 is 2.63 bits per heavy atom. The molecule has 1 amide bonds. The molecule has 3 nitrogen and oxygen atoms in total. The molecule has 0 aliphatic rings. The third kappa shape index (κ3) is 2.90. The Bertz CT molecular complexity index is 679. The van der Waals surface area contributed by atoms with Crippen molar-refractivity contribution in [3.8, 4) is 6.07 Å². The molecule has 5 heteroatoms. The van der Waals surface area contributed by atoms with Gasteiger partial charge in [0.25, 0.3) is 5.91 Å². The topological polar surface area (TPSA) is 52.9 Å². The number of carbonyl (C=O) groups excluding carboxylic acids is 1. The van der Waals surface area contributed by atoms with Crippen molar-refractivity contribution in [1.29, 1.82) is 5.26 Å². The van der Waals surface area contributed by atoms with Gasteiger partial charge in [0.05, 0.1) is 16.1 Å². The van der Waals surface area contributed by atoms with Crippen molar-refractivity contribution in [3.05, 3.63) is 64.4 Å². The second-order valence-corrected chi connectivity index (χ2v) is 4.15. The summed E-state index contributed by atoms with van der Waals surface area (Å²) >= 11 is 5.84. The van der Waals surface area contributed by atoms with E-state index in [-0.39, 0.29) is 10.6 Å². The van der Waals surface area contributed by atoms with Gasteiger partial charge in [-0.3, -0.25) is 4.79 Å². The molecule has 1 N–H and O–H groups in total. The van der Waals surface area contributed by atoms with E-state index < -0.39 is 11.7 Å². The molecule has 94 valence electrons. The van der Waals surface area contributed by atoms with Crippen molar-refractivity contribution < 1.29 is 9.18 Å². The zero-order valence-corrected chi connectivity index (χ0v) is 10.4. The average molecular weight is 275 g/mol. The molecule has 0 radical (unpaired) electrons. The maximum absolute atomic E-state index is 13.4. The van der Waals surface area contributed by atoms with E-state index in [0.29, 0.717) is 11.3 Å². The number of amides is 1. The highest BCUT2D eigenvalue weighted by molar-refractivity contribution is 6.32. The first-order chi connectivity index (χ1) is 9.11. The van der Waals surface area contributed by atoms with Crippen molar-refractivity contribution in [2.24, 2.45) is 0 Å². The largest absolute Gasteiger partial charge is 0.322 e. The van der Waals surface area contributed by atoms with E-state index in [2.05, 4.69) is 5.32 Å². The lowest BCUT2D eigenvalue weighted by molar-refractivity contribution is 0.102. The van der Waals surface area contributed by atoms with E-state index in [1.807, 2.05) is 6.07 Å². The SMILES string of the molecule is N#Cc1ccc(NC(=O)c2ccccc2F)cc1Cl. The molecule has 2 aromatic carbocycles. The molecule has 19 heavy (non-hydrogen) atoms. The van der Waals surface area contributed by atoms with Crippen LogP contribution in [0.3, 0.4) is 0 Å². The Morgan fingerprint density at radius 2 is 2.00 bits per heavy atom. The van der Waals surface area contributed by atoms with E-state index in [0.717, 1.165) is 0 Å². The van der Waals surface area contributed by atoms with Gasteiger partial charge in [0.2, 0.25) is 0 Å². The summed E-state index contributed by atoms with van der Waals surface area (Å²) in [7, 11) is 0. The van der Waals surface area contributed by atoms with Gasteiger partial charge in [0, 0.05) is 5.69 Å². The van der Waals surface area contributed by atoms with Crippen LogP contribution >= 0.6 is 11.6 Å². The highest BCUT2D eigenvalue weighted by atomic mass is 35.5. The maximum atomic E-state index is 13.4. The van der Waals surface area contributed by atoms with Crippen LogP contribution in [0.25, 0.3) is 0 Å². The van der Waals surface area contributed by atoms with Crippen molar-refractivity contribution in [2.75, 3.05) is 5.32 Å². The number of rotatable bonds is 2. The Labute approximate surface area is 114 Å². The van der Waals surface area contributed by atoms with Crippen molar-refractivity contribution in [1.82, 2.24) is 0 Å². The fourth-order valence-electron chi connectivity index (χ4n) is 1.53. The Kier molecular flexibility index (Phi) is 3.79. The summed E-state index contributed by atoms with van der Waals surface area (Å²) < 4.78 is 13.4. The molecule has 0 spiro atoms. The van der Waals surface area contributed by atoms with E-state index in [1.165, 1.54) is 36.4 Å². The molecule has 0 fully saturated rings. The van der Waals surface area contributed by atoms with Crippen LogP contribution in [0.15, 0.2) is 42.5 Å². The summed E-state index contributed by atoms with van der Waals surface area (Å²) in [4.78, 5) is 11.8. The lowest BCUT2D eigenvalue weighted by atomic mass is 10.2. The number of halogens is 2. The van der Waals surface area contributed by atoms with Crippen LogP contribution in [-0.4, -0.2) is 5.91 Å². The number of carbonyl (C=O) groups is 1. The normalized spacial score (nSPS) is 9.74. The average Bonchev–Trinajstić information content (AvgIpc) is 2.39. The molecule has 0 saturated carbocycles. The molecule has 0 atom stereocenters. The number of nitrogens with one attached hydrogen (secondary N) is 1. The molecule has 0 saturated heterocycles. The summed E-state index contributed by atoms with van der Waals surface area (Å²) in [5, 5.41) is 11.5. The standard InChI is InChI=1S/C14H8ClFN2O/c15-12-7-10(6-5-9(12)8-17)18-14(19)11-3-1-2-4-13(11)16/h1-7H,(H,18,19). The number of hydrogen-bond donors (Lipinski definition) is 1. The van der Waals surface area contributed by atoms with Gasteiger partial charge in [-0.25, -0.2) is 4.39 Å². The van der Waals surface area contributed by atoms with Gasteiger partial charge in [-0.05, 0) is 30.3 Å². The molecular weight excluding hydrogens is 267 g/mol. The van der Waals surface area contributed by atoms with E-state index in [9.17, 15) is 9.18 Å². The van der Waals surface area contributed by atoms with Gasteiger partial charge in [0.1, 0.15) is 11.9 Å². The van der Waals surface area contributed by atoms with Gasteiger partial charge in [-0.15, -0.1) is 0 Å². The van der Waals surface area contributed by atoms with Crippen LogP contribution < -0.4 is 5.32 Å². The number of nitrogens with zero attached hydrogens (tertiary/aromatic N) is 1. The second kappa shape index (κ2) is 5.51. The van der Waals surface area contributed by atoms with Gasteiger partial charge >= 0.3 is 0 Å². The molecule has 0 aromatic heterocycles. The van der Waals surface area contributed by atoms with Crippen LogP contribution in [0.4, 0.5) is 10.1 Å². The fourth-order valence-corrected chi connectivity index (χ4v) is 1.75. The number of benzene rings is 2. The summed E-state index contributed by atoms with van der Waals surface area (Å²) in [6.07, 6.45) is 0.